The van der Waals surface area contributed by atoms with Crippen LogP contribution in [0.2, 0.25) is 0 Å². The maximum atomic E-state index is 13.8. The van der Waals surface area contributed by atoms with E-state index in [-0.39, 0.29) is 23.2 Å². The summed E-state index contributed by atoms with van der Waals surface area (Å²) >= 11 is 0. The summed E-state index contributed by atoms with van der Waals surface area (Å²) in [7, 11) is -3.42. The fourth-order valence-electron chi connectivity index (χ4n) is 4.14. The number of rotatable bonds is 7. The van der Waals surface area contributed by atoms with Gasteiger partial charge in [-0.3, -0.25) is 4.90 Å². The molecule has 1 aromatic heterocycles. The maximum absolute atomic E-state index is 13.8. The topological polar surface area (TPSA) is 73.7 Å². The number of ether oxygens (including phenoxy) is 2. The molecule has 0 N–H and O–H groups in total. The average molecular weight is 438 g/mol. The van der Waals surface area contributed by atoms with E-state index in [2.05, 4.69) is 9.88 Å². The van der Waals surface area contributed by atoms with E-state index in [0.717, 1.165) is 51.1 Å². The lowest BCUT2D eigenvalue weighted by atomic mass is 10.1. The highest BCUT2D eigenvalue weighted by molar-refractivity contribution is 7.90. The van der Waals surface area contributed by atoms with E-state index >= 15 is 0 Å². The van der Waals surface area contributed by atoms with Crippen LogP contribution >= 0.6 is 0 Å². The molecule has 0 saturated carbocycles. The van der Waals surface area contributed by atoms with Crippen LogP contribution in [0.1, 0.15) is 31.4 Å². The van der Waals surface area contributed by atoms with Gasteiger partial charge in [0.1, 0.15) is 6.10 Å². The molecule has 2 saturated heterocycles. The molecule has 0 amide bonds. The number of nitrogens with zero attached hydrogens (tertiary/aromatic N) is 3. The summed E-state index contributed by atoms with van der Waals surface area (Å²) in [6.45, 7) is 3.42. The van der Waals surface area contributed by atoms with Crippen molar-refractivity contribution in [3.05, 3.63) is 42.0 Å². The summed E-state index contributed by atoms with van der Waals surface area (Å²) in [5.41, 5.74) is 0.874. The minimum Gasteiger partial charge on any atom is -0.487 e. The maximum Gasteiger partial charge on any atom is 0.227 e. The average Bonchev–Trinajstić information content (AvgIpc) is 3.36. The second-order valence-electron chi connectivity index (χ2n) is 8.07. The lowest BCUT2D eigenvalue weighted by Gasteiger charge is -2.32. The number of para-hydroxylation sites is 1. The minimum atomic E-state index is -3.42. The van der Waals surface area contributed by atoms with E-state index in [1.807, 2.05) is 0 Å². The normalized spacial score (nSPS) is 21.2. The van der Waals surface area contributed by atoms with E-state index in [0.29, 0.717) is 18.8 Å². The van der Waals surface area contributed by atoms with E-state index < -0.39 is 9.84 Å². The Morgan fingerprint density at radius 3 is 2.67 bits per heavy atom. The number of hydrogen-bond donors (Lipinski definition) is 0. The van der Waals surface area contributed by atoms with Crippen molar-refractivity contribution in [3.8, 4) is 5.75 Å². The van der Waals surface area contributed by atoms with Crippen molar-refractivity contribution < 1.29 is 22.3 Å². The Kier molecular flexibility index (Phi) is 6.40. The third-order valence-corrected chi connectivity index (χ3v) is 6.68. The van der Waals surface area contributed by atoms with Gasteiger partial charge in [-0.05, 0) is 37.8 Å². The van der Waals surface area contributed by atoms with Gasteiger partial charge >= 0.3 is 0 Å². The Morgan fingerprint density at radius 2 is 2.00 bits per heavy atom. The van der Waals surface area contributed by atoms with E-state index in [1.54, 1.807) is 29.0 Å². The number of imidazole rings is 1. The highest BCUT2D eigenvalue weighted by Gasteiger charge is 2.26. The molecule has 4 rings (SSSR count). The summed E-state index contributed by atoms with van der Waals surface area (Å²) in [4.78, 5) is 6.46. The molecule has 2 aliphatic heterocycles. The van der Waals surface area contributed by atoms with Crippen LogP contribution in [0.5, 0.6) is 5.75 Å². The molecule has 0 radical (unpaired) electrons. The van der Waals surface area contributed by atoms with Gasteiger partial charge in [-0.25, -0.2) is 17.8 Å². The summed E-state index contributed by atoms with van der Waals surface area (Å²) < 4.78 is 51.5. The van der Waals surface area contributed by atoms with Gasteiger partial charge in [0.15, 0.2) is 11.6 Å². The summed E-state index contributed by atoms with van der Waals surface area (Å²) in [5, 5.41) is 0.103. The molecule has 2 fully saturated rings. The Labute approximate surface area is 176 Å². The SMILES string of the molecule is CS(=O)(=O)c1ncc(CN2CCC(Oc3ccccc3F)CC2)n1C[C@H]1CCCO1. The van der Waals surface area contributed by atoms with Gasteiger partial charge in [0.25, 0.3) is 0 Å². The standard InChI is InChI=1S/C21H28FN3O4S/c1-30(26,27)21-23-13-16(25(21)15-18-5-4-12-28-18)14-24-10-8-17(9-11-24)29-20-7-3-2-6-19(20)22/h2-3,6-7,13,17-18H,4-5,8-12,14-15H2,1H3/t18-/m1/s1. The quantitative estimate of drug-likeness (QED) is 0.663. The molecule has 3 heterocycles. The molecule has 1 aromatic carbocycles. The van der Waals surface area contributed by atoms with Crippen LogP contribution in [0.25, 0.3) is 0 Å². The predicted octanol–water partition coefficient (Wildman–Crippen LogP) is 2.65. The van der Waals surface area contributed by atoms with E-state index in [4.69, 9.17) is 9.47 Å². The number of benzene rings is 1. The molecule has 7 nitrogen and oxygen atoms in total. The van der Waals surface area contributed by atoms with Crippen LogP contribution in [0.3, 0.4) is 0 Å². The summed E-state index contributed by atoms with van der Waals surface area (Å²) in [5.74, 6) is -0.0466. The van der Waals surface area contributed by atoms with Gasteiger partial charge in [0, 0.05) is 32.5 Å². The molecule has 0 aliphatic carbocycles. The molecule has 0 unspecified atom stereocenters. The largest absolute Gasteiger partial charge is 0.487 e. The van der Waals surface area contributed by atoms with Crippen molar-refractivity contribution in [2.24, 2.45) is 0 Å². The van der Waals surface area contributed by atoms with Crippen molar-refractivity contribution >= 4 is 9.84 Å². The van der Waals surface area contributed by atoms with E-state index in [9.17, 15) is 12.8 Å². The molecule has 9 heteroatoms. The molecule has 0 spiro atoms. The monoisotopic (exact) mass is 437 g/mol. The Hall–Kier alpha value is -1.97. The zero-order valence-corrected chi connectivity index (χ0v) is 18.0. The molecule has 2 aromatic rings. The van der Waals surface area contributed by atoms with Crippen LogP contribution in [0.15, 0.2) is 35.6 Å². The van der Waals surface area contributed by atoms with Gasteiger partial charge in [-0.2, -0.15) is 0 Å². The first-order chi connectivity index (χ1) is 14.4. The van der Waals surface area contributed by atoms with Crippen LogP contribution in [0, 0.1) is 5.82 Å². The van der Waals surface area contributed by atoms with Crippen molar-refractivity contribution in [2.75, 3.05) is 26.0 Å². The number of hydrogen-bond acceptors (Lipinski definition) is 6. The van der Waals surface area contributed by atoms with Crippen LogP contribution in [-0.2, 0) is 27.7 Å². The number of sulfone groups is 1. The fourth-order valence-corrected chi connectivity index (χ4v) is 4.97. The van der Waals surface area contributed by atoms with Gasteiger partial charge in [-0.1, -0.05) is 12.1 Å². The first-order valence-corrected chi connectivity index (χ1v) is 12.3. The number of halogens is 1. The molecular formula is C21H28FN3O4S. The summed E-state index contributed by atoms with van der Waals surface area (Å²) in [6.07, 6.45) is 6.35. The van der Waals surface area contributed by atoms with Gasteiger partial charge < -0.3 is 14.0 Å². The third-order valence-electron chi connectivity index (χ3n) is 5.69. The highest BCUT2D eigenvalue weighted by atomic mass is 32.2. The predicted molar refractivity (Wildman–Crippen MR) is 110 cm³/mol. The molecule has 2 aliphatic rings. The van der Waals surface area contributed by atoms with Crippen LogP contribution < -0.4 is 4.74 Å². The summed E-state index contributed by atoms with van der Waals surface area (Å²) in [6, 6.07) is 6.47. The molecule has 30 heavy (non-hydrogen) atoms. The van der Waals surface area contributed by atoms with E-state index in [1.165, 1.54) is 12.3 Å². The van der Waals surface area contributed by atoms with Crippen molar-refractivity contribution in [3.63, 3.8) is 0 Å². The van der Waals surface area contributed by atoms with Gasteiger partial charge in [0.05, 0.1) is 24.5 Å². The second kappa shape index (κ2) is 9.03. The van der Waals surface area contributed by atoms with Crippen molar-refractivity contribution in [1.29, 1.82) is 0 Å². The molecular weight excluding hydrogens is 409 g/mol. The zero-order chi connectivity index (χ0) is 21.1. The zero-order valence-electron chi connectivity index (χ0n) is 17.2. The van der Waals surface area contributed by atoms with Crippen molar-refractivity contribution in [2.45, 2.75) is 56.1 Å². The Bertz CT molecular complexity index is 964. The molecule has 164 valence electrons. The second-order valence-corrected chi connectivity index (χ2v) is 9.98. The number of aromatic nitrogens is 2. The fraction of sp³-hybridized carbons (Fsp3) is 0.571. The van der Waals surface area contributed by atoms with Crippen molar-refractivity contribution in [1.82, 2.24) is 14.5 Å². The number of piperidine rings is 1. The highest BCUT2D eigenvalue weighted by Crippen LogP contribution is 2.24. The lowest BCUT2D eigenvalue weighted by Crippen LogP contribution is -2.38. The van der Waals surface area contributed by atoms with Crippen LogP contribution in [0.4, 0.5) is 4.39 Å². The van der Waals surface area contributed by atoms with Gasteiger partial charge in [-0.15, -0.1) is 0 Å². The first kappa shape index (κ1) is 21.3. The smallest absolute Gasteiger partial charge is 0.227 e. The van der Waals surface area contributed by atoms with Gasteiger partial charge in [0.2, 0.25) is 15.0 Å². The Balaban J connectivity index is 1.40. The Morgan fingerprint density at radius 1 is 1.23 bits per heavy atom. The lowest BCUT2D eigenvalue weighted by molar-refractivity contribution is 0.0854. The molecule has 1 atom stereocenters. The first-order valence-electron chi connectivity index (χ1n) is 10.4. The number of likely N-dealkylation sites (tertiary alicyclic amines) is 1. The minimum absolute atomic E-state index is 0.0263. The van der Waals surface area contributed by atoms with Crippen LogP contribution in [-0.4, -0.2) is 61.0 Å². The third kappa shape index (κ3) is 5.01. The molecule has 0 bridgehead atoms.